The molecule has 1 saturated carbocycles. The molecule has 0 N–H and O–H groups in total. The van der Waals surface area contributed by atoms with Gasteiger partial charge in [0.2, 0.25) is 0 Å². The highest BCUT2D eigenvalue weighted by atomic mass is 28.3. The van der Waals surface area contributed by atoms with E-state index < -0.39 is 9.28 Å². The Hall–Kier alpha value is -0.423. The van der Waals surface area contributed by atoms with Gasteiger partial charge in [-0.2, -0.15) is 0 Å². The first-order valence-corrected chi connectivity index (χ1v) is 15.4. The third kappa shape index (κ3) is 19.1. The molecule has 0 atom stereocenters. The first-order valence-electron chi connectivity index (χ1n) is 13.9. The Kier molecular flexibility index (Phi) is 20.7. The summed E-state index contributed by atoms with van der Waals surface area (Å²) < 4.78 is 12.5. The van der Waals surface area contributed by atoms with Gasteiger partial charge in [-0.1, -0.05) is 70.3 Å². The highest BCUT2D eigenvalue weighted by Gasteiger charge is 2.25. The number of nitrogens with zero attached hydrogens (tertiary/aromatic N) is 1. The van der Waals surface area contributed by atoms with Crippen molar-refractivity contribution in [1.82, 2.24) is 4.90 Å². The molecule has 0 unspecified atom stereocenters. The van der Waals surface area contributed by atoms with E-state index in [0.29, 0.717) is 0 Å². The van der Waals surface area contributed by atoms with Crippen molar-refractivity contribution in [3.63, 3.8) is 0 Å². The summed E-state index contributed by atoms with van der Waals surface area (Å²) in [7, 11) is 1.16. The lowest BCUT2D eigenvalue weighted by atomic mass is 10.2. The zero-order valence-corrected chi connectivity index (χ0v) is 22.8. The van der Waals surface area contributed by atoms with Crippen molar-refractivity contribution in [3.8, 4) is 0 Å². The lowest BCUT2D eigenvalue weighted by molar-refractivity contribution is 0.191. The van der Waals surface area contributed by atoms with Crippen molar-refractivity contribution < 1.29 is 8.85 Å². The van der Waals surface area contributed by atoms with Crippen LogP contribution in [0.5, 0.6) is 0 Å². The maximum atomic E-state index is 6.24. The third-order valence-electron chi connectivity index (χ3n) is 6.15. The predicted molar refractivity (Wildman–Crippen MR) is 142 cm³/mol. The van der Waals surface area contributed by atoms with Gasteiger partial charge in [0.05, 0.1) is 0 Å². The van der Waals surface area contributed by atoms with Gasteiger partial charge < -0.3 is 13.8 Å². The van der Waals surface area contributed by atoms with Crippen LogP contribution in [0, 0.1) is 0 Å². The van der Waals surface area contributed by atoms with E-state index in [2.05, 4.69) is 50.1 Å². The van der Waals surface area contributed by atoms with Crippen LogP contribution in [0.2, 0.25) is 6.04 Å². The SMILES string of the molecule is CCCCC/C=C\CCCO[Si](CCCCN(C)C1CC1)OCCC/C=C\CCCCC. The molecule has 3 nitrogen and oxygen atoms in total. The van der Waals surface area contributed by atoms with E-state index in [-0.39, 0.29) is 0 Å². The molecular weight excluding hydrogens is 410 g/mol. The number of allylic oxidation sites excluding steroid dienone is 4. The number of hydrogen-bond donors (Lipinski definition) is 0. The van der Waals surface area contributed by atoms with E-state index in [9.17, 15) is 0 Å². The van der Waals surface area contributed by atoms with E-state index in [1.165, 1.54) is 83.6 Å². The van der Waals surface area contributed by atoms with Gasteiger partial charge in [-0.15, -0.1) is 0 Å². The Morgan fingerprint density at radius 1 is 0.688 bits per heavy atom. The highest BCUT2D eigenvalue weighted by Crippen LogP contribution is 2.25. The summed E-state index contributed by atoms with van der Waals surface area (Å²) in [6.45, 7) is 7.46. The molecule has 187 valence electrons. The standard InChI is InChI=1S/C28H54NO2Si/c1-4-6-8-10-12-14-16-19-25-30-32(27-21-18-24-29(3)28-22-23-28)31-26-20-17-15-13-11-9-7-5-2/h12-15,28H,4-11,16-27H2,1-3H3/b14-12-,15-13-. The molecule has 0 aromatic carbocycles. The lowest BCUT2D eigenvalue weighted by Crippen LogP contribution is -2.25. The van der Waals surface area contributed by atoms with Crippen molar-refractivity contribution in [2.45, 2.75) is 129 Å². The van der Waals surface area contributed by atoms with Crippen LogP contribution in [0.15, 0.2) is 24.3 Å². The van der Waals surface area contributed by atoms with Crippen molar-refractivity contribution in [1.29, 1.82) is 0 Å². The summed E-state index contributed by atoms with van der Waals surface area (Å²) in [6.07, 6.45) is 29.6. The molecule has 0 aromatic rings. The lowest BCUT2D eigenvalue weighted by Gasteiger charge is -2.17. The van der Waals surface area contributed by atoms with E-state index in [4.69, 9.17) is 8.85 Å². The number of unbranched alkanes of at least 4 members (excludes halogenated alkanes) is 9. The van der Waals surface area contributed by atoms with Crippen LogP contribution < -0.4 is 0 Å². The molecule has 1 aliphatic carbocycles. The van der Waals surface area contributed by atoms with E-state index in [1.54, 1.807) is 0 Å². The minimum absolute atomic E-state index is 0.854. The second-order valence-electron chi connectivity index (χ2n) is 9.46. The molecule has 1 aliphatic rings. The topological polar surface area (TPSA) is 21.7 Å². The number of rotatable bonds is 24. The molecule has 1 radical (unpaired) electrons. The molecule has 0 saturated heterocycles. The Morgan fingerprint density at radius 2 is 1.19 bits per heavy atom. The van der Waals surface area contributed by atoms with Crippen LogP contribution in [0.3, 0.4) is 0 Å². The Labute approximate surface area is 202 Å². The van der Waals surface area contributed by atoms with Crippen LogP contribution in [0.4, 0.5) is 0 Å². The minimum Gasteiger partial charge on any atom is -0.393 e. The van der Waals surface area contributed by atoms with Gasteiger partial charge in [-0.05, 0) is 90.3 Å². The first-order chi connectivity index (χ1) is 15.8. The molecule has 0 aromatic heterocycles. The molecule has 0 amide bonds. The Balaban J connectivity index is 2.14. The van der Waals surface area contributed by atoms with Crippen LogP contribution >= 0.6 is 0 Å². The molecular formula is C28H54NO2Si. The van der Waals surface area contributed by atoms with Gasteiger partial charge in [0.15, 0.2) is 0 Å². The van der Waals surface area contributed by atoms with Crippen molar-refractivity contribution in [2.75, 3.05) is 26.8 Å². The van der Waals surface area contributed by atoms with Gasteiger partial charge in [0.1, 0.15) is 0 Å². The summed E-state index contributed by atoms with van der Waals surface area (Å²) in [5, 5.41) is 0. The van der Waals surface area contributed by atoms with E-state index in [0.717, 1.165) is 51.0 Å². The summed E-state index contributed by atoms with van der Waals surface area (Å²) in [6, 6.07) is 2.00. The molecule has 0 bridgehead atoms. The van der Waals surface area contributed by atoms with E-state index >= 15 is 0 Å². The third-order valence-corrected chi connectivity index (χ3v) is 7.96. The predicted octanol–water partition coefficient (Wildman–Crippen LogP) is 8.22. The maximum Gasteiger partial charge on any atom is 0.384 e. The largest absolute Gasteiger partial charge is 0.393 e. The van der Waals surface area contributed by atoms with Crippen LogP contribution in [0.1, 0.15) is 117 Å². The molecule has 0 heterocycles. The molecule has 0 aliphatic heterocycles. The number of hydrogen-bond acceptors (Lipinski definition) is 3. The summed E-state index contributed by atoms with van der Waals surface area (Å²) >= 11 is 0. The van der Waals surface area contributed by atoms with Crippen LogP contribution in [0.25, 0.3) is 0 Å². The van der Waals surface area contributed by atoms with Gasteiger partial charge in [0, 0.05) is 19.3 Å². The van der Waals surface area contributed by atoms with Gasteiger partial charge >= 0.3 is 9.28 Å². The zero-order chi connectivity index (χ0) is 23.1. The van der Waals surface area contributed by atoms with Gasteiger partial charge in [-0.25, -0.2) is 0 Å². The minimum atomic E-state index is -1.12. The fraction of sp³-hybridized carbons (Fsp3) is 0.857. The summed E-state index contributed by atoms with van der Waals surface area (Å²) in [4.78, 5) is 2.54. The molecule has 32 heavy (non-hydrogen) atoms. The van der Waals surface area contributed by atoms with E-state index in [1.807, 2.05) is 0 Å². The molecule has 1 fully saturated rings. The Morgan fingerprint density at radius 3 is 1.66 bits per heavy atom. The quantitative estimate of drug-likeness (QED) is 0.0815. The van der Waals surface area contributed by atoms with Crippen molar-refractivity contribution >= 4 is 9.28 Å². The van der Waals surface area contributed by atoms with Gasteiger partial charge in [-0.3, -0.25) is 0 Å². The zero-order valence-electron chi connectivity index (χ0n) is 21.8. The maximum absolute atomic E-state index is 6.24. The smallest absolute Gasteiger partial charge is 0.384 e. The Bertz CT molecular complexity index is 423. The normalized spacial score (nSPS) is 14.7. The second-order valence-corrected chi connectivity index (χ2v) is 11.3. The average molecular weight is 465 g/mol. The second kappa shape index (κ2) is 22.4. The molecule has 4 heteroatoms. The van der Waals surface area contributed by atoms with Crippen LogP contribution in [-0.2, 0) is 8.85 Å². The van der Waals surface area contributed by atoms with Crippen LogP contribution in [-0.4, -0.2) is 47.0 Å². The monoisotopic (exact) mass is 464 g/mol. The van der Waals surface area contributed by atoms with Crippen molar-refractivity contribution in [3.05, 3.63) is 24.3 Å². The fourth-order valence-electron chi connectivity index (χ4n) is 3.78. The fourth-order valence-corrected chi connectivity index (χ4v) is 5.44. The molecule has 0 spiro atoms. The summed E-state index contributed by atoms with van der Waals surface area (Å²) in [5.74, 6) is 0. The first kappa shape index (κ1) is 29.6. The summed E-state index contributed by atoms with van der Waals surface area (Å²) in [5.41, 5.74) is 0. The highest BCUT2D eigenvalue weighted by molar-refractivity contribution is 6.44. The average Bonchev–Trinajstić information content (AvgIpc) is 3.64. The van der Waals surface area contributed by atoms with Crippen molar-refractivity contribution in [2.24, 2.45) is 0 Å². The molecule has 1 rings (SSSR count). The van der Waals surface area contributed by atoms with Gasteiger partial charge in [0.25, 0.3) is 0 Å².